The number of halogens is 1. The third-order valence-electron chi connectivity index (χ3n) is 6.64. The van der Waals surface area contributed by atoms with Gasteiger partial charge in [-0.25, -0.2) is 23.4 Å². The second-order valence-corrected chi connectivity index (χ2v) is 13.7. The topological polar surface area (TPSA) is 101 Å². The Kier molecular flexibility index (Phi) is 7.08. The Balaban J connectivity index is 1.38. The van der Waals surface area contributed by atoms with Crippen LogP contribution < -0.4 is 0 Å². The Bertz CT molecular complexity index is 1440. The smallest absolute Gasteiger partial charge is 0.283 e. The number of sulfonamides is 1. The average molecular weight is 565 g/mol. The maximum absolute atomic E-state index is 13.5. The number of aromatic nitrogens is 1. The van der Waals surface area contributed by atoms with Gasteiger partial charge >= 0.3 is 0 Å². The van der Waals surface area contributed by atoms with Crippen molar-refractivity contribution in [1.82, 2.24) is 24.2 Å². The van der Waals surface area contributed by atoms with Gasteiger partial charge in [-0.3, -0.25) is 4.79 Å². The summed E-state index contributed by atoms with van der Waals surface area (Å²) in [6.07, 6.45) is 0.626. The van der Waals surface area contributed by atoms with Crippen molar-refractivity contribution in [2.75, 3.05) is 33.7 Å². The highest BCUT2D eigenvalue weighted by Crippen LogP contribution is 2.34. The first-order chi connectivity index (χ1) is 17.2. The highest BCUT2D eigenvalue weighted by molar-refractivity contribution is 7.91. The van der Waals surface area contributed by atoms with Crippen LogP contribution in [0.3, 0.4) is 0 Å². The number of hydrazine groups is 1. The normalized spacial score (nSPS) is 19.9. The minimum atomic E-state index is -3.76. The van der Waals surface area contributed by atoms with Crippen LogP contribution >= 0.6 is 34.3 Å². The summed E-state index contributed by atoms with van der Waals surface area (Å²) in [6.45, 7) is 1.90. The molecule has 190 valence electrons. The number of fused-ring (bicyclic) bond motifs is 2. The van der Waals surface area contributed by atoms with Crippen LogP contribution in [0.2, 0.25) is 5.02 Å². The fourth-order valence-corrected chi connectivity index (χ4v) is 8.91. The predicted octanol–water partition coefficient (Wildman–Crippen LogP) is 3.62. The standard InChI is InChI=1S/C23H25ClN6O3S3/c1-27-13-18-20(14-28(27)2)35-22(26-18)23(31)30-9-8-29(12-17(30)4-3-7-25)36(32,33)21-10-15-5-6-16(24)11-19(15)34-21/h5-6,10-11,17H,3-4,8-9,12-14H2,1-2H3. The van der Waals surface area contributed by atoms with E-state index >= 15 is 0 Å². The number of nitrogens with zero attached hydrogens (tertiary/aromatic N) is 6. The van der Waals surface area contributed by atoms with E-state index in [-0.39, 0.29) is 36.2 Å². The van der Waals surface area contributed by atoms with Crippen molar-refractivity contribution < 1.29 is 13.2 Å². The largest absolute Gasteiger partial charge is 0.331 e. The molecule has 13 heteroatoms. The van der Waals surface area contributed by atoms with Gasteiger partial charge in [-0.2, -0.15) is 9.57 Å². The molecule has 1 fully saturated rings. The molecule has 0 radical (unpaired) electrons. The van der Waals surface area contributed by atoms with Crippen LogP contribution in [0.1, 0.15) is 33.2 Å². The number of hydrogen-bond donors (Lipinski definition) is 0. The molecule has 0 aliphatic carbocycles. The van der Waals surface area contributed by atoms with Gasteiger partial charge in [0.25, 0.3) is 15.9 Å². The Labute approximate surface area is 223 Å². The monoisotopic (exact) mass is 564 g/mol. The van der Waals surface area contributed by atoms with Crippen molar-refractivity contribution in [3.63, 3.8) is 0 Å². The third kappa shape index (κ3) is 4.77. The van der Waals surface area contributed by atoms with Gasteiger partial charge in [-0.15, -0.1) is 22.7 Å². The lowest BCUT2D eigenvalue weighted by atomic mass is 10.1. The second kappa shape index (κ2) is 9.98. The molecule has 4 heterocycles. The minimum absolute atomic E-state index is 0.140. The van der Waals surface area contributed by atoms with E-state index in [2.05, 4.69) is 21.1 Å². The molecule has 2 aromatic heterocycles. The van der Waals surface area contributed by atoms with Crippen molar-refractivity contribution >= 4 is 60.3 Å². The summed E-state index contributed by atoms with van der Waals surface area (Å²) in [5.74, 6) is -0.198. The Morgan fingerprint density at radius 2 is 1.97 bits per heavy atom. The Morgan fingerprint density at radius 1 is 1.19 bits per heavy atom. The lowest BCUT2D eigenvalue weighted by Crippen LogP contribution is -2.56. The molecule has 2 aliphatic rings. The van der Waals surface area contributed by atoms with E-state index in [1.807, 2.05) is 20.2 Å². The third-order valence-corrected chi connectivity index (χ3v) is 11.4. The summed E-state index contributed by atoms with van der Waals surface area (Å²) in [5.41, 5.74) is 0.906. The maximum Gasteiger partial charge on any atom is 0.283 e. The number of carbonyl (C=O) groups excluding carboxylic acids is 1. The van der Waals surface area contributed by atoms with E-state index in [0.717, 1.165) is 20.7 Å². The van der Waals surface area contributed by atoms with E-state index in [1.54, 1.807) is 23.1 Å². The summed E-state index contributed by atoms with van der Waals surface area (Å²) >= 11 is 8.66. The number of thiazole rings is 1. The van der Waals surface area contributed by atoms with Crippen molar-refractivity contribution in [1.29, 1.82) is 5.26 Å². The first-order valence-corrected chi connectivity index (χ1v) is 14.9. The fourth-order valence-electron chi connectivity index (χ4n) is 4.54. The lowest BCUT2D eigenvalue weighted by Gasteiger charge is -2.40. The molecule has 0 bridgehead atoms. The summed E-state index contributed by atoms with van der Waals surface area (Å²) in [6, 6.07) is 8.70. The molecule has 5 rings (SSSR count). The zero-order valence-electron chi connectivity index (χ0n) is 19.8. The summed E-state index contributed by atoms with van der Waals surface area (Å²) in [5, 5.41) is 15.1. The van der Waals surface area contributed by atoms with Crippen LogP contribution in [-0.2, 0) is 23.1 Å². The molecule has 1 aromatic carbocycles. The fraction of sp³-hybridized carbons (Fsp3) is 0.435. The molecule has 9 nitrogen and oxygen atoms in total. The van der Waals surface area contributed by atoms with Gasteiger partial charge in [0, 0.05) is 67.3 Å². The van der Waals surface area contributed by atoms with Crippen LogP contribution in [0.15, 0.2) is 28.5 Å². The molecule has 1 amide bonds. The predicted molar refractivity (Wildman–Crippen MR) is 140 cm³/mol. The highest BCUT2D eigenvalue weighted by Gasteiger charge is 2.38. The summed E-state index contributed by atoms with van der Waals surface area (Å²) < 4.78 is 29.5. The lowest BCUT2D eigenvalue weighted by molar-refractivity contribution is -0.00173. The molecular weight excluding hydrogens is 540 g/mol. The van der Waals surface area contributed by atoms with Crippen LogP contribution in [0.5, 0.6) is 0 Å². The van der Waals surface area contributed by atoms with Crippen LogP contribution in [0.25, 0.3) is 10.1 Å². The number of benzene rings is 1. The van der Waals surface area contributed by atoms with Gasteiger partial charge in [0.2, 0.25) is 0 Å². The maximum atomic E-state index is 13.5. The molecule has 2 aliphatic heterocycles. The van der Waals surface area contributed by atoms with Crippen molar-refractivity contribution in [2.24, 2.45) is 0 Å². The van der Waals surface area contributed by atoms with Gasteiger partial charge < -0.3 is 4.90 Å². The zero-order valence-corrected chi connectivity index (χ0v) is 23.1. The second-order valence-electron chi connectivity index (χ2n) is 8.98. The first-order valence-electron chi connectivity index (χ1n) is 11.5. The number of rotatable bonds is 5. The molecule has 1 unspecified atom stereocenters. The molecule has 3 aromatic rings. The van der Waals surface area contributed by atoms with Crippen LogP contribution in [0, 0.1) is 11.3 Å². The number of nitriles is 1. The van der Waals surface area contributed by atoms with E-state index in [9.17, 15) is 18.5 Å². The van der Waals surface area contributed by atoms with E-state index in [1.165, 1.54) is 27.0 Å². The number of carbonyl (C=O) groups is 1. The summed E-state index contributed by atoms with van der Waals surface area (Å²) in [7, 11) is 0.213. The number of hydrogen-bond acceptors (Lipinski definition) is 9. The minimum Gasteiger partial charge on any atom is -0.331 e. The summed E-state index contributed by atoms with van der Waals surface area (Å²) in [4.78, 5) is 20.9. The number of piperazine rings is 1. The van der Waals surface area contributed by atoms with Gasteiger partial charge in [0.1, 0.15) is 4.21 Å². The Hall–Kier alpha value is -2.11. The molecule has 0 spiro atoms. The van der Waals surface area contributed by atoms with Gasteiger partial charge in [-0.05, 0) is 30.0 Å². The van der Waals surface area contributed by atoms with E-state index in [4.69, 9.17) is 11.6 Å². The molecular formula is C23H25ClN6O3S3. The van der Waals surface area contributed by atoms with Gasteiger partial charge in [0.05, 0.1) is 18.3 Å². The van der Waals surface area contributed by atoms with E-state index in [0.29, 0.717) is 29.5 Å². The molecule has 1 saturated heterocycles. The SMILES string of the molecule is CN1Cc2nc(C(=O)N3CCN(S(=O)(=O)c4cc5ccc(Cl)cc5s4)CC3CCC#N)sc2CN1C. The Morgan fingerprint density at radius 3 is 2.75 bits per heavy atom. The molecule has 0 saturated carbocycles. The van der Waals surface area contributed by atoms with Crippen molar-refractivity contribution in [3.05, 3.63) is 44.9 Å². The van der Waals surface area contributed by atoms with Gasteiger partial charge in [0.15, 0.2) is 5.01 Å². The van der Waals surface area contributed by atoms with Crippen LogP contribution in [-0.4, -0.2) is 78.3 Å². The first kappa shape index (κ1) is 25.5. The number of amides is 1. The molecule has 36 heavy (non-hydrogen) atoms. The number of thiophene rings is 1. The quantitative estimate of drug-likeness (QED) is 0.466. The van der Waals surface area contributed by atoms with Crippen LogP contribution in [0.4, 0.5) is 0 Å². The molecule has 0 N–H and O–H groups in total. The zero-order chi connectivity index (χ0) is 25.6. The van der Waals surface area contributed by atoms with Crippen molar-refractivity contribution in [3.8, 4) is 6.07 Å². The highest BCUT2D eigenvalue weighted by atomic mass is 35.5. The van der Waals surface area contributed by atoms with Gasteiger partial charge in [-0.1, -0.05) is 17.7 Å². The average Bonchev–Trinajstić information content (AvgIpc) is 3.46. The van der Waals surface area contributed by atoms with E-state index < -0.39 is 16.1 Å². The molecule has 1 atom stereocenters. The van der Waals surface area contributed by atoms with Crippen molar-refractivity contribution in [2.45, 2.75) is 36.2 Å².